The fourth-order valence-electron chi connectivity index (χ4n) is 2.45. The Morgan fingerprint density at radius 2 is 1.83 bits per heavy atom. The zero-order chi connectivity index (χ0) is 17.1. The van der Waals surface area contributed by atoms with Crippen molar-refractivity contribution in [3.63, 3.8) is 0 Å². The number of hydrogen-bond acceptors (Lipinski definition) is 2. The second-order valence-corrected chi connectivity index (χ2v) is 6.20. The predicted octanol–water partition coefficient (Wildman–Crippen LogP) is 4.13. The van der Waals surface area contributed by atoms with E-state index in [1.54, 1.807) is 7.05 Å². The lowest BCUT2D eigenvalue weighted by molar-refractivity contribution is 0.292. The molecule has 0 bridgehead atoms. The van der Waals surface area contributed by atoms with Gasteiger partial charge in [0.25, 0.3) is 0 Å². The standard InChI is InChI=1S/C18H31ClN4.HI/c1-5-23(6-2)13-7-8-15(3)22-18(20-4)21-14-16-9-11-17(19)12-10-16;/h9-12,15H,5-8,13-14H2,1-4H3,(H2,20,21,22);1H. The van der Waals surface area contributed by atoms with Crippen molar-refractivity contribution in [1.82, 2.24) is 15.5 Å². The van der Waals surface area contributed by atoms with E-state index >= 15 is 0 Å². The van der Waals surface area contributed by atoms with Gasteiger partial charge in [-0.2, -0.15) is 0 Å². The van der Waals surface area contributed by atoms with E-state index in [9.17, 15) is 0 Å². The smallest absolute Gasteiger partial charge is 0.191 e. The lowest BCUT2D eigenvalue weighted by atomic mass is 10.2. The van der Waals surface area contributed by atoms with Gasteiger partial charge >= 0.3 is 0 Å². The molecule has 0 heterocycles. The van der Waals surface area contributed by atoms with Gasteiger partial charge < -0.3 is 15.5 Å². The highest BCUT2D eigenvalue weighted by Crippen LogP contribution is 2.09. The van der Waals surface area contributed by atoms with E-state index in [4.69, 9.17) is 11.6 Å². The Labute approximate surface area is 169 Å². The van der Waals surface area contributed by atoms with Crippen molar-refractivity contribution in [1.29, 1.82) is 0 Å². The summed E-state index contributed by atoms with van der Waals surface area (Å²) in [5, 5.41) is 7.56. The van der Waals surface area contributed by atoms with Gasteiger partial charge in [0.1, 0.15) is 0 Å². The fraction of sp³-hybridized carbons (Fsp3) is 0.611. The first-order valence-electron chi connectivity index (χ1n) is 8.53. The molecule has 1 atom stereocenters. The molecule has 6 heteroatoms. The monoisotopic (exact) mass is 466 g/mol. The van der Waals surface area contributed by atoms with Crippen molar-refractivity contribution in [2.45, 2.75) is 46.2 Å². The molecule has 138 valence electrons. The molecule has 0 amide bonds. The van der Waals surface area contributed by atoms with Gasteiger partial charge in [-0.1, -0.05) is 37.6 Å². The van der Waals surface area contributed by atoms with Gasteiger partial charge in [-0.3, -0.25) is 4.99 Å². The van der Waals surface area contributed by atoms with Crippen LogP contribution in [0.4, 0.5) is 0 Å². The molecule has 0 saturated carbocycles. The Balaban J connectivity index is 0.00000529. The first-order valence-corrected chi connectivity index (χ1v) is 8.90. The molecule has 0 aliphatic heterocycles. The van der Waals surface area contributed by atoms with Crippen LogP contribution in [0.2, 0.25) is 5.02 Å². The zero-order valence-corrected chi connectivity index (χ0v) is 18.4. The molecule has 0 aliphatic rings. The summed E-state index contributed by atoms with van der Waals surface area (Å²) in [6, 6.07) is 8.27. The highest BCUT2D eigenvalue weighted by Gasteiger charge is 2.06. The van der Waals surface area contributed by atoms with E-state index in [2.05, 4.69) is 41.3 Å². The van der Waals surface area contributed by atoms with Crippen LogP contribution in [-0.2, 0) is 6.54 Å². The number of rotatable bonds is 9. The second-order valence-electron chi connectivity index (χ2n) is 5.77. The summed E-state index contributed by atoms with van der Waals surface area (Å²) in [6.07, 6.45) is 2.34. The molecule has 1 aromatic rings. The summed E-state index contributed by atoms with van der Waals surface area (Å²) in [5.41, 5.74) is 1.19. The van der Waals surface area contributed by atoms with Gasteiger partial charge in [-0.15, -0.1) is 24.0 Å². The van der Waals surface area contributed by atoms with Crippen LogP contribution < -0.4 is 10.6 Å². The van der Waals surface area contributed by atoms with Crippen LogP contribution in [-0.4, -0.2) is 43.6 Å². The van der Waals surface area contributed by atoms with Gasteiger partial charge in [-0.25, -0.2) is 0 Å². The summed E-state index contributed by atoms with van der Waals surface area (Å²) in [6.45, 7) is 10.8. The molecule has 1 aromatic carbocycles. The molecule has 0 aromatic heterocycles. The highest BCUT2D eigenvalue weighted by atomic mass is 127. The molecule has 0 saturated heterocycles. The van der Waals surface area contributed by atoms with Crippen LogP contribution in [0, 0.1) is 0 Å². The topological polar surface area (TPSA) is 39.7 Å². The Morgan fingerprint density at radius 1 is 1.21 bits per heavy atom. The van der Waals surface area contributed by atoms with Gasteiger partial charge in [0.05, 0.1) is 0 Å². The Bertz CT molecular complexity index is 461. The number of guanidine groups is 1. The molecule has 24 heavy (non-hydrogen) atoms. The lowest BCUT2D eigenvalue weighted by Crippen LogP contribution is -2.42. The first kappa shape index (κ1) is 23.5. The number of halogens is 2. The number of nitrogens with zero attached hydrogens (tertiary/aromatic N) is 2. The Kier molecular flexibility index (Phi) is 13.4. The van der Waals surface area contributed by atoms with Crippen molar-refractivity contribution in [3.05, 3.63) is 34.9 Å². The molecule has 4 nitrogen and oxygen atoms in total. The minimum atomic E-state index is 0. The minimum Gasteiger partial charge on any atom is -0.354 e. The van der Waals surface area contributed by atoms with Crippen LogP contribution in [0.1, 0.15) is 39.2 Å². The minimum absolute atomic E-state index is 0. The summed E-state index contributed by atoms with van der Waals surface area (Å²) in [5.74, 6) is 0.843. The largest absolute Gasteiger partial charge is 0.354 e. The lowest BCUT2D eigenvalue weighted by Gasteiger charge is -2.21. The number of hydrogen-bond donors (Lipinski definition) is 2. The molecule has 1 unspecified atom stereocenters. The Morgan fingerprint density at radius 3 is 2.38 bits per heavy atom. The van der Waals surface area contributed by atoms with E-state index in [1.807, 2.05) is 24.3 Å². The zero-order valence-electron chi connectivity index (χ0n) is 15.3. The summed E-state index contributed by atoms with van der Waals surface area (Å²) in [7, 11) is 1.81. The summed E-state index contributed by atoms with van der Waals surface area (Å²) >= 11 is 5.90. The van der Waals surface area contributed by atoms with Gasteiger partial charge in [0.15, 0.2) is 5.96 Å². The van der Waals surface area contributed by atoms with Crippen molar-refractivity contribution < 1.29 is 0 Å². The summed E-state index contributed by atoms with van der Waals surface area (Å²) < 4.78 is 0. The average molecular weight is 467 g/mol. The van der Waals surface area contributed by atoms with E-state index in [0.29, 0.717) is 6.04 Å². The first-order chi connectivity index (χ1) is 11.1. The highest BCUT2D eigenvalue weighted by molar-refractivity contribution is 14.0. The van der Waals surface area contributed by atoms with Crippen LogP contribution in [0.5, 0.6) is 0 Å². The maximum absolute atomic E-state index is 5.90. The predicted molar refractivity (Wildman–Crippen MR) is 117 cm³/mol. The molecular formula is C18H32ClIN4. The maximum atomic E-state index is 5.90. The van der Waals surface area contributed by atoms with Crippen molar-refractivity contribution in [2.24, 2.45) is 4.99 Å². The van der Waals surface area contributed by atoms with Crippen LogP contribution in [0.3, 0.4) is 0 Å². The molecule has 0 radical (unpaired) electrons. The third kappa shape index (κ3) is 9.69. The molecular weight excluding hydrogens is 435 g/mol. The number of benzene rings is 1. The van der Waals surface area contributed by atoms with Crippen LogP contribution in [0.15, 0.2) is 29.3 Å². The van der Waals surface area contributed by atoms with E-state index in [-0.39, 0.29) is 24.0 Å². The number of aliphatic imine (C=N–C) groups is 1. The number of nitrogens with one attached hydrogen (secondary N) is 2. The quantitative estimate of drug-likeness (QED) is 0.326. The van der Waals surface area contributed by atoms with E-state index in [0.717, 1.165) is 43.6 Å². The van der Waals surface area contributed by atoms with E-state index in [1.165, 1.54) is 12.0 Å². The van der Waals surface area contributed by atoms with Crippen LogP contribution in [0.25, 0.3) is 0 Å². The fourth-order valence-corrected chi connectivity index (χ4v) is 2.58. The van der Waals surface area contributed by atoms with Gasteiger partial charge in [0, 0.05) is 24.7 Å². The Hall–Kier alpha value is -0.530. The van der Waals surface area contributed by atoms with Gasteiger partial charge in [0.2, 0.25) is 0 Å². The molecule has 1 rings (SSSR count). The van der Waals surface area contributed by atoms with Crippen molar-refractivity contribution >= 4 is 41.5 Å². The normalized spacial score (nSPS) is 12.7. The molecule has 0 spiro atoms. The SMILES string of the molecule is CCN(CC)CCCC(C)NC(=NC)NCc1ccc(Cl)cc1.I. The van der Waals surface area contributed by atoms with Gasteiger partial charge in [-0.05, 0) is 57.1 Å². The van der Waals surface area contributed by atoms with Crippen molar-refractivity contribution in [2.75, 3.05) is 26.7 Å². The third-order valence-corrected chi connectivity index (χ3v) is 4.24. The molecule has 2 N–H and O–H groups in total. The third-order valence-electron chi connectivity index (χ3n) is 3.99. The molecule has 0 fully saturated rings. The van der Waals surface area contributed by atoms with Crippen LogP contribution >= 0.6 is 35.6 Å². The maximum Gasteiger partial charge on any atom is 0.191 e. The summed E-state index contributed by atoms with van der Waals surface area (Å²) in [4.78, 5) is 6.75. The van der Waals surface area contributed by atoms with E-state index < -0.39 is 0 Å². The second kappa shape index (κ2) is 13.7. The average Bonchev–Trinajstić information content (AvgIpc) is 2.57. The van der Waals surface area contributed by atoms with Crippen molar-refractivity contribution in [3.8, 4) is 0 Å². The molecule has 0 aliphatic carbocycles.